The standard InChI is InChI=1S/C20H18N.C19H16N.3C18H14N.C16H18N.C14H14N.C11H8N.4Ir/c1-20(2,17-8-4-3-5-9-17)18-13-11-16(12-14-18)19-10-6-7-15-21-19;1-15(16-7-3-2-4-8-16)17-10-12-18(13-11-17)19-9-5-6-14-20-19;1-3-7-15(8-4-1)13-16-11-12-19-18(14-16)17-9-5-2-6-10-17;2*1-2-6-15(7-3-1)14-16-9-11-17(12-10-16)18-8-4-5-13-19-18;1-16(2,3)12-13-9-10-17-15(11-13)14-7-5-4-6-8-14;1-11(2)13-8-9-15-14(10-13)12-6-4-3-5-7-12;1-2-6-10(7-3-1)11-8-4-5-9-12-11;;;;/h3-11,13-15H,1-2H3;2-12,14-15H,1H3;1-9,11-12,14H,13H2;2*1-11,13H,14H2;4-7,9-11H,12H2,1-3H3;3-6,8-11H,1-2H3;1-6,8-9H;;;;/q8*-1;;;;/i;15D;13D2;2*14D2;12D2;11D;;;;;. The fraction of sp³-hybridized carbons (Fsp3) is 0.119. The Bertz CT molecular complexity index is 7130. The Kier molecular flexibility index (Phi) is 41.4. The second kappa shape index (κ2) is 61.1. The Hall–Kier alpha value is -14.3. The zero-order valence-corrected chi connectivity index (χ0v) is 91.8. The van der Waals surface area contributed by atoms with Gasteiger partial charge in [-0.1, -0.05) is 308 Å². The first kappa shape index (κ1) is 99.0. The molecule has 4 radical (unpaired) electrons. The van der Waals surface area contributed by atoms with Crippen molar-refractivity contribution in [3.63, 3.8) is 0 Å². The van der Waals surface area contributed by atoms with E-state index in [1.807, 2.05) is 369 Å². The van der Waals surface area contributed by atoms with Crippen LogP contribution in [0.15, 0.2) is 498 Å². The quantitative estimate of drug-likeness (QED) is 0.0695. The maximum absolute atomic E-state index is 8.65. The Balaban J connectivity index is 0.000000181. The fourth-order valence-electron chi connectivity index (χ4n) is 14.5. The van der Waals surface area contributed by atoms with E-state index in [-0.39, 0.29) is 85.8 Å². The molecule has 8 heterocycles. The van der Waals surface area contributed by atoms with E-state index in [1.54, 1.807) is 122 Å². The molecule has 13 aromatic carbocycles. The molecule has 21 aromatic rings. The number of benzene rings is 13. The van der Waals surface area contributed by atoms with Crippen molar-refractivity contribution >= 4 is 0 Å². The minimum absolute atomic E-state index is 0. The van der Waals surface area contributed by atoms with Crippen molar-refractivity contribution in [1.82, 2.24) is 39.9 Å². The van der Waals surface area contributed by atoms with Crippen LogP contribution in [0.4, 0.5) is 0 Å². The van der Waals surface area contributed by atoms with E-state index in [0.29, 0.717) is 38.9 Å². The minimum atomic E-state index is -1.55. The topological polar surface area (TPSA) is 103 Å². The van der Waals surface area contributed by atoms with Gasteiger partial charge in [-0.15, -0.1) is 285 Å². The molecule has 0 aliphatic carbocycles. The van der Waals surface area contributed by atoms with Crippen LogP contribution in [0.5, 0.6) is 0 Å². The Labute approximate surface area is 933 Å². The summed E-state index contributed by atoms with van der Waals surface area (Å²) in [6, 6.07) is 167. The molecule has 8 nitrogen and oxygen atoms in total. The summed E-state index contributed by atoms with van der Waals surface area (Å²) >= 11 is 0. The van der Waals surface area contributed by atoms with E-state index >= 15 is 0 Å². The molecule has 1 atom stereocenters. The van der Waals surface area contributed by atoms with Gasteiger partial charge in [-0.3, -0.25) is 0 Å². The SMILES string of the molecule is CC(C)(c1c[c-]c(-c2ccccn2)cc1)c1ccccc1.[2H]C(C)(C)c1ccnc(-c2[c-]cccc2)c1.[2H]C(C)(c1c[c-]c(-c2ccccn2)cc1)c1ccccc1.[2H]C([2H])(c1c[c-]c(-c2ccccn2)cc1)c1ccccc1.[2H]C([2H])(c1c[c-]c(-c2ccccn2)cc1)c1ccccc1.[2H]C([2H])(c1ccccc1)c1ccnc(-c2[c-]cccc2)c1.[2H]C([2H])(c1ccnc(-c2[c-]cccc2)c1)C(C)(C)C.[Ir].[Ir].[Ir].[Ir].[c-]1ccccc1-c1ccccn1. The molecule has 0 bridgehead atoms. The van der Waals surface area contributed by atoms with Gasteiger partial charge in [-0.05, 0) is 164 Å². The Morgan fingerprint density at radius 3 is 0.856 bits per heavy atom. The second-order valence-electron chi connectivity index (χ2n) is 34.3. The van der Waals surface area contributed by atoms with Gasteiger partial charge in [0, 0.05) is 144 Å². The average molecular weight is 2620 g/mol. The summed E-state index contributed by atoms with van der Waals surface area (Å²) in [5.41, 5.74) is 23.6. The molecule has 0 spiro atoms. The van der Waals surface area contributed by atoms with Crippen molar-refractivity contribution in [1.29, 1.82) is 0 Å². The average Bonchev–Trinajstić information content (AvgIpc) is 0.782. The van der Waals surface area contributed by atoms with E-state index in [4.69, 9.17) is 13.7 Å². The van der Waals surface area contributed by atoms with Crippen LogP contribution in [-0.4, -0.2) is 39.9 Å². The molecule has 0 saturated carbocycles. The molecule has 8 aromatic heterocycles. The summed E-state index contributed by atoms with van der Waals surface area (Å²) in [4.78, 5) is 34.4. The van der Waals surface area contributed by atoms with Crippen molar-refractivity contribution in [2.45, 2.75) is 98.1 Å². The van der Waals surface area contributed by atoms with Gasteiger partial charge in [0.05, 0.1) is 0 Å². The molecule has 0 aliphatic heterocycles. The van der Waals surface area contributed by atoms with Crippen molar-refractivity contribution in [3.05, 3.63) is 614 Å². The van der Waals surface area contributed by atoms with Crippen LogP contribution < -0.4 is 0 Å². The van der Waals surface area contributed by atoms with Crippen LogP contribution in [0.3, 0.4) is 0 Å². The summed E-state index contributed by atoms with van der Waals surface area (Å²) in [6.45, 7) is 15.9. The Morgan fingerprint density at radius 1 is 0.226 bits per heavy atom. The number of rotatable bonds is 20. The molecule has 12 heteroatoms. The first-order chi connectivity index (χ1) is 73.2. The summed E-state index contributed by atoms with van der Waals surface area (Å²) in [5, 5.41) is 0. The van der Waals surface area contributed by atoms with E-state index < -0.39 is 42.7 Å². The molecule has 0 fully saturated rings. The molecule has 0 N–H and O–H groups in total. The van der Waals surface area contributed by atoms with Crippen LogP contribution in [0.25, 0.3) is 90.1 Å². The van der Waals surface area contributed by atoms with Gasteiger partial charge < -0.3 is 39.9 Å². The molecule has 1 unspecified atom stereocenters. The molecule has 0 amide bonds. The zero-order valence-electron chi connectivity index (χ0n) is 92.3. The largest absolute Gasteiger partial charge is 0.305 e. The molecule has 0 aliphatic rings. The minimum Gasteiger partial charge on any atom is -0.305 e. The third kappa shape index (κ3) is 37.1. The second-order valence-corrected chi connectivity index (χ2v) is 34.3. The van der Waals surface area contributed by atoms with E-state index in [1.165, 1.54) is 11.1 Å². The fourth-order valence-corrected chi connectivity index (χ4v) is 14.5. The summed E-state index contributed by atoms with van der Waals surface area (Å²) < 4.78 is 83.3. The van der Waals surface area contributed by atoms with Gasteiger partial charge in [-0.2, -0.15) is 0 Å². The maximum Gasteiger partial charge on any atom is 0.0365 e. The van der Waals surface area contributed by atoms with E-state index in [2.05, 4.69) is 151 Å². The van der Waals surface area contributed by atoms with Crippen LogP contribution in [0.2, 0.25) is 0 Å². The third-order valence-corrected chi connectivity index (χ3v) is 22.0. The normalized spacial score (nSPS) is 12.2. The number of hydrogen-bond donors (Lipinski definition) is 0. The van der Waals surface area contributed by atoms with Crippen molar-refractivity contribution in [2.24, 2.45) is 5.41 Å². The van der Waals surface area contributed by atoms with E-state index in [9.17, 15) is 0 Å². The molecular formula is C134H116Ir4N8-8. The smallest absolute Gasteiger partial charge is 0.0365 e. The molecule has 146 heavy (non-hydrogen) atoms. The van der Waals surface area contributed by atoms with Gasteiger partial charge in [0.15, 0.2) is 0 Å². The summed E-state index contributed by atoms with van der Waals surface area (Å²) in [5.74, 6) is -1.37. The van der Waals surface area contributed by atoms with Crippen LogP contribution in [0, 0.1) is 53.9 Å². The number of aromatic nitrogens is 8. The first-order valence-electron chi connectivity index (χ1n) is 52.0. The van der Waals surface area contributed by atoms with Crippen molar-refractivity contribution in [2.75, 3.05) is 0 Å². The zero-order chi connectivity index (χ0) is 107. The van der Waals surface area contributed by atoms with Crippen LogP contribution >= 0.6 is 0 Å². The maximum atomic E-state index is 8.65. The van der Waals surface area contributed by atoms with Crippen molar-refractivity contribution < 1.29 is 94.1 Å². The summed E-state index contributed by atoms with van der Waals surface area (Å²) in [7, 11) is 0. The van der Waals surface area contributed by atoms with Gasteiger partial charge in [0.2, 0.25) is 0 Å². The molecular weight excluding hydrogens is 2490 g/mol. The summed E-state index contributed by atoms with van der Waals surface area (Å²) in [6.07, 6.45) is 7.90. The molecule has 0 saturated heterocycles. The predicted octanol–water partition coefficient (Wildman–Crippen LogP) is 32.3. The monoisotopic (exact) mass is 2620 g/mol. The van der Waals surface area contributed by atoms with Gasteiger partial charge in [-0.25, -0.2) is 0 Å². The first-order valence-corrected chi connectivity index (χ1v) is 47.0. The number of pyridine rings is 8. The number of nitrogens with zero attached hydrogens (tertiary/aromatic N) is 8. The van der Waals surface area contributed by atoms with Crippen LogP contribution in [0.1, 0.15) is 148 Å². The van der Waals surface area contributed by atoms with E-state index in [0.717, 1.165) is 107 Å². The predicted molar refractivity (Wildman–Crippen MR) is 586 cm³/mol. The molecule has 736 valence electrons. The Morgan fingerprint density at radius 2 is 0.527 bits per heavy atom. The van der Waals surface area contributed by atoms with Crippen molar-refractivity contribution in [3.8, 4) is 90.1 Å². The molecule has 21 rings (SSSR count). The third-order valence-electron chi connectivity index (χ3n) is 22.0. The van der Waals surface area contributed by atoms with Gasteiger partial charge >= 0.3 is 0 Å². The van der Waals surface area contributed by atoms with Gasteiger partial charge in [0.1, 0.15) is 0 Å². The number of hydrogen-bond acceptors (Lipinski definition) is 8. The van der Waals surface area contributed by atoms with Gasteiger partial charge in [0.25, 0.3) is 0 Å². The van der Waals surface area contributed by atoms with Crippen LogP contribution in [-0.2, 0) is 111 Å².